The number of anilines is 6. The third kappa shape index (κ3) is 5.69. The molecule has 3 nitrogen and oxygen atoms in total. The third-order valence-electron chi connectivity index (χ3n) is 14.5. The molecule has 61 heavy (non-hydrogen) atoms. The number of furan rings is 1. The first-order chi connectivity index (χ1) is 30.1. The molecule has 4 saturated carbocycles. The Labute approximate surface area is 360 Å². The van der Waals surface area contributed by atoms with Gasteiger partial charge in [0.2, 0.25) is 0 Å². The van der Waals surface area contributed by atoms with E-state index >= 15 is 0 Å². The summed E-state index contributed by atoms with van der Waals surface area (Å²) in [6.45, 7) is 0. The maximum atomic E-state index is 6.25. The number of thiophene rings is 1. The van der Waals surface area contributed by atoms with Gasteiger partial charge in [0.15, 0.2) is 0 Å². The SMILES string of the molecule is c1ccc(N(c2ccc(-c3ccc(N(c4ccc5oc6ccccc6c5c4)c4ccc5sc6ccccc6c5c4)cc3)cc2)c2ccc(C34CC5CC(CC3C5)C4)cc2)cc1. The molecule has 4 heteroatoms. The van der Waals surface area contributed by atoms with Crippen LogP contribution in [0.1, 0.15) is 37.7 Å². The molecule has 8 aromatic carbocycles. The minimum Gasteiger partial charge on any atom is -0.456 e. The van der Waals surface area contributed by atoms with E-state index in [1.807, 2.05) is 23.5 Å². The van der Waals surface area contributed by atoms with E-state index in [0.717, 1.165) is 62.4 Å². The topological polar surface area (TPSA) is 19.6 Å². The summed E-state index contributed by atoms with van der Waals surface area (Å²) >= 11 is 1.85. The number of benzene rings is 8. The summed E-state index contributed by atoms with van der Waals surface area (Å²) < 4.78 is 8.86. The van der Waals surface area contributed by atoms with Crippen LogP contribution in [0.3, 0.4) is 0 Å². The number of rotatable bonds is 8. The normalized spacial score (nSPS) is 20.4. The molecule has 2 aromatic heterocycles. The van der Waals surface area contributed by atoms with Gasteiger partial charge < -0.3 is 14.2 Å². The quantitative estimate of drug-likeness (QED) is 0.153. The molecule has 0 aliphatic heterocycles. The van der Waals surface area contributed by atoms with Crippen LogP contribution in [0, 0.1) is 17.8 Å². The van der Waals surface area contributed by atoms with Crippen molar-refractivity contribution in [3.05, 3.63) is 194 Å². The monoisotopic (exact) mass is 804 g/mol. The first kappa shape index (κ1) is 35.2. The van der Waals surface area contributed by atoms with E-state index in [1.165, 1.54) is 74.8 Å². The summed E-state index contributed by atoms with van der Waals surface area (Å²) in [5.41, 5.74) is 13.0. The summed E-state index contributed by atoms with van der Waals surface area (Å²) in [6, 6.07) is 69.1. The second-order valence-electron chi connectivity index (χ2n) is 17.9. The van der Waals surface area contributed by atoms with E-state index in [1.54, 1.807) is 5.56 Å². The Kier molecular flexibility index (Phi) is 7.90. The molecule has 2 heterocycles. The Morgan fingerprint density at radius 2 is 0.918 bits per heavy atom. The smallest absolute Gasteiger partial charge is 0.135 e. The average molecular weight is 805 g/mol. The predicted octanol–water partition coefficient (Wildman–Crippen LogP) is 16.6. The lowest BCUT2D eigenvalue weighted by atomic mass is 9.71. The van der Waals surface area contributed by atoms with Crippen molar-refractivity contribution < 1.29 is 4.42 Å². The van der Waals surface area contributed by atoms with Gasteiger partial charge >= 0.3 is 0 Å². The Bertz CT molecular complexity index is 3130. The number of hydrogen-bond acceptors (Lipinski definition) is 4. The van der Waals surface area contributed by atoms with Gasteiger partial charge in [-0.15, -0.1) is 11.3 Å². The predicted molar refractivity (Wildman–Crippen MR) is 257 cm³/mol. The lowest BCUT2D eigenvalue weighted by molar-refractivity contribution is 0.266. The fourth-order valence-electron chi connectivity index (χ4n) is 12.0. The van der Waals surface area contributed by atoms with E-state index in [2.05, 4.69) is 186 Å². The number of para-hydroxylation sites is 2. The molecule has 0 amide bonds. The fraction of sp³-hybridized carbons (Fsp3) is 0.158. The van der Waals surface area contributed by atoms with Crippen LogP contribution in [0.25, 0.3) is 53.2 Å². The molecule has 0 radical (unpaired) electrons. The number of nitrogens with zero attached hydrogens (tertiary/aromatic N) is 2. The van der Waals surface area contributed by atoms with Gasteiger partial charge in [-0.25, -0.2) is 0 Å². The van der Waals surface area contributed by atoms with Crippen molar-refractivity contribution >= 4 is 87.6 Å². The Morgan fingerprint density at radius 3 is 1.62 bits per heavy atom. The van der Waals surface area contributed by atoms with Gasteiger partial charge in [-0.2, -0.15) is 0 Å². The van der Waals surface area contributed by atoms with E-state index in [4.69, 9.17) is 4.42 Å². The average Bonchev–Trinajstić information content (AvgIpc) is 4.02. The van der Waals surface area contributed by atoms with E-state index in [0.29, 0.717) is 5.41 Å². The molecule has 2 atom stereocenters. The minimum atomic E-state index is 0.423. The van der Waals surface area contributed by atoms with Crippen LogP contribution in [-0.2, 0) is 5.41 Å². The second-order valence-corrected chi connectivity index (χ2v) is 19.0. The number of fused-ring (bicyclic) bond motifs is 6. The molecule has 0 saturated heterocycles. The summed E-state index contributed by atoms with van der Waals surface area (Å²) in [5, 5.41) is 4.82. The minimum absolute atomic E-state index is 0.423. The van der Waals surface area contributed by atoms with Crippen LogP contribution in [-0.4, -0.2) is 0 Å². The highest BCUT2D eigenvalue weighted by Gasteiger charge is 2.58. The van der Waals surface area contributed by atoms with Gasteiger partial charge in [-0.3, -0.25) is 0 Å². The Morgan fingerprint density at radius 1 is 0.410 bits per heavy atom. The largest absolute Gasteiger partial charge is 0.456 e. The van der Waals surface area contributed by atoms with Crippen LogP contribution in [0.5, 0.6) is 0 Å². The van der Waals surface area contributed by atoms with Crippen LogP contribution in [0.15, 0.2) is 192 Å². The second kappa shape index (κ2) is 13.7. The Balaban J connectivity index is 0.847. The summed E-state index contributed by atoms with van der Waals surface area (Å²) in [4.78, 5) is 4.78. The van der Waals surface area contributed by atoms with Crippen molar-refractivity contribution in [3.63, 3.8) is 0 Å². The zero-order valence-corrected chi connectivity index (χ0v) is 34.7. The van der Waals surface area contributed by atoms with Crippen LogP contribution in [0.4, 0.5) is 34.1 Å². The molecule has 0 spiro atoms. The van der Waals surface area contributed by atoms with E-state index in [-0.39, 0.29) is 0 Å². The standard InChI is InChI=1S/C57H44N2OS/c1-2-8-43(9-3-1)58(46-24-18-41(19-25-46)57-35-37-30-38(36-57)32-42(57)31-37)44-20-14-39(15-21-44)40-16-22-45(23-17-40)59(47-26-28-54-51(33-47)49-10-4-6-12-53(49)60-54)48-27-29-56-52(34-48)50-11-5-7-13-55(50)61-56/h1-29,33-34,37-38,42H,30-32,35-36H2. The zero-order chi connectivity index (χ0) is 40.1. The van der Waals surface area contributed by atoms with E-state index < -0.39 is 0 Å². The van der Waals surface area contributed by atoms with Crippen LogP contribution >= 0.6 is 11.3 Å². The first-order valence-corrected chi connectivity index (χ1v) is 22.7. The van der Waals surface area contributed by atoms with Crippen LogP contribution in [0.2, 0.25) is 0 Å². The van der Waals surface area contributed by atoms with E-state index in [9.17, 15) is 0 Å². The molecule has 4 bridgehead atoms. The number of hydrogen-bond donors (Lipinski definition) is 0. The lowest BCUT2D eigenvalue weighted by Gasteiger charge is -2.34. The van der Waals surface area contributed by atoms with Crippen molar-refractivity contribution in [3.8, 4) is 11.1 Å². The van der Waals surface area contributed by atoms with Crippen LogP contribution < -0.4 is 9.80 Å². The fourth-order valence-corrected chi connectivity index (χ4v) is 13.1. The maximum Gasteiger partial charge on any atom is 0.135 e. The molecule has 14 rings (SSSR count). The van der Waals surface area contributed by atoms with Crippen molar-refractivity contribution in [2.45, 2.75) is 37.5 Å². The molecule has 10 aromatic rings. The van der Waals surface area contributed by atoms with Gasteiger partial charge in [-0.05, 0) is 169 Å². The first-order valence-electron chi connectivity index (χ1n) is 21.9. The summed E-state index contributed by atoms with van der Waals surface area (Å²) in [7, 11) is 0. The molecular weight excluding hydrogens is 761 g/mol. The maximum absolute atomic E-state index is 6.25. The molecule has 2 unspecified atom stereocenters. The molecule has 4 fully saturated rings. The molecular formula is C57H44N2OS. The highest BCUT2D eigenvalue weighted by Crippen LogP contribution is 2.66. The molecule has 4 aliphatic carbocycles. The Hall–Kier alpha value is -6.62. The summed E-state index contributed by atoms with van der Waals surface area (Å²) in [6.07, 6.45) is 7.17. The third-order valence-corrected chi connectivity index (χ3v) is 15.7. The molecule has 294 valence electrons. The van der Waals surface area contributed by atoms with Crippen molar-refractivity contribution in [2.75, 3.05) is 9.80 Å². The highest BCUT2D eigenvalue weighted by atomic mass is 32.1. The van der Waals surface area contributed by atoms with Gasteiger partial charge in [0.05, 0.1) is 0 Å². The zero-order valence-electron chi connectivity index (χ0n) is 33.9. The van der Waals surface area contributed by atoms with Crippen molar-refractivity contribution in [2.24, 2.45) is 17.8 Å². The summed E-state index contributed by atoms with van der Waals surface area (Å²) in [5.74, 6) is 2.79. The van der Waals surface area contributed by atoms with Gasteiger partial charge in [0.25, 0.3) is 0 Å². The van der Waals surface area contributed by atoms with Gasteiger partial charge in [-0.1, -0.05) is 91.0 Å². The molecule has 4 aliphatic rings. The molecule has 0 N–H and O–H groups in total. The van der Waals surface area contributed by atoms with Gasteiger partial charge in [0, 0.05) is 65.1 Å². The lowest BCUT2D eigenvalue weighted by Crippen LogP contribution is -2.27. The van der Waals surface area contributed by atoms with Crippen molar-refractivity contribution in [1.29, 1.82) is 0 Å². The van der Waals surface area contributed by atoms with Gasteiger partial charge in [0.1, 0.15) is 11.2 Å². The van der Waals surface area contributed by atoms with Crippen molar-refractivity contribution in [1.82, 2.24) is 0 Å². The highest BCUT2D eigenvalue weighted by molar-refractivity contribution is 7.25.